The monoisotopic (exact) mass is 389 g/mol. The number of hydrogen-bond donors (Lipinski definition) is 4. The molecule has 0 saturated carbocycles. The number of fused-ring (bicyclic) bond motifs is 1. The van der Waals surface area contributed by atoms with Crippen molar-refractivity contribution in [3.05, 3.63) is 59.4 Å². The Hall–Kier alpha value is -3.26. The van der Waals surface area contributed by atoms with Gasteiger partial charge < -0.3 is 16.0 Å². The van der Waals surface area contributed by atoms with Crippen molar-refractivity contribution in [2.75, 3.05) is 5.32 Å². The molecule has 9 heteroatoms. The molecule has 0 aliphatic rings. The maximum absolute atomic E-state index is 12.5. The lowest BCUT2D eigenvalue weighted by molar-refractivity contribution is -0.112. The van der Waals surface area contributed by atoms with E-state index in [0.29, 0.717) is 11.3 Å². The van der Waals surface area contributed by atoms with Crippen LogP contribution in [0.15, 0.2) is 59.4 Å². The van der Waals surface area contributed by atoms with E-state index in [2.05, 4.69) is 15.3 Å². The van der Waals surface area contributed by atoms with E-state index in [0.717, 1.165) is 16.6 Å². The Bertz CT molecular complexity index is 1050. The average molecular weight is 390 g/mol. The third kappa shape index (κ3) is 3.95. The van der Waals surface area contributed by atoms with Crippen molar-refractivity contribution in [2.45, 2.75) is 6.43 Å². The highest BCUT2D eigenvalue weighted by atomic mass is 35.5. The number of pyridine rings is 1. The number of anilines is 1. The van der Waals surface area contributed by atoms with Crippen LogP contribution in [-0.2, 0) is 4.79 Å². The zero-order chi connectivity index (χ0) is 19.6. The van der Waals surface area contributed by atoms with Gasteiger partial charge >= 0.3 is 0 Å². The first kappa shape index (κ1) is 18.5. The Morgan fingerprint density at radius 1 is 1.26 bits per heavy atom. The first-order valence-electron chi connectivity index (χ1n) is 7.74. The Labute approximate surface area is 157 Å². The molecule has 0 atom stereocenters. The minimum Gasteiger partial charge on any atom is -0.393 e. The van der Waals surface area contributed by atoms with Crippen LogP contribution >= 0.6 is 11.6 Å². The second-order valence-electron chi connectivity index (χ2n) is 5.61. The molecule has 0 aliphatic heterocycles. The molecule has 2 aromatic heterocycles. The number of benzene rings is 1. The molecule has 27 heavy (non-hydrogen) atoms. The minimum absolute atomic E-state index is 0.308. The summed E-state index contributed by atoms with van der Waals surface area (Å²) in [4.78, 5) is 19.5. The van der Waals surface area contributed by atoms with Gasteiger partial charge in [0.1, 0.15) is 17.1 Å². The van der Waals surface area contributed by atoms with Crippen LogP contribution in [0.2, 0.25) is 0 Å². The lowest BCUT2D eigenvalue weighted by Gasteiger charge is -2.08. The Morgan fingerprint density at radius 3 is 2.63 bits per heavy atom. The smallest absolute Gasteiger partial charge is 0.281 e. The summed E-state index contributed by atoms with van der Waals surface area (Å²) in [5.41, 5.74) is 6.36. The number of aromatic amines is 1. The number of carbonyl (C=O) groups excluding carboxylic acids is 1. The van der Waals surface area contributed by atoms with E-state index < -0.39 is 28.8 Å². The number of nitrogens with one attached hydrogen (secondary N) is 3. The van der Waals surface area contributed by atoms with Gasteiger partial charge in [-0.15, -0.1) is 0 Å². The zero-order valence-electron chi connectivity index (χ0n) is 13.8. The van der Waals surface area contributed by atoms with E-state index in [4.69, 9.17) is 22.7 Å². The fourth-order valence-electron chi connectivity index (χ4n) is 2.40. The second kappa shape index (κ2) is 7.55. The van der Waals surface area contributed by atoms with Crippen LogP contribution < -0.4 is 11.1 Å². The first-order chi connectivity index (χ1) is 12.9. The molecule has 3 rings (SSSR count). The molecule has 0 saturated heterocycles. The van der Waals surface area contributed by atoms with Crippen molar-refractivity contribution >= 4 is 39.9 Å². The highest BCUT2D eigenvalue weighted by Gasteiger charge is 2.21. The summed E-state index contributed by atoms with van der Waals surface area (Å²) in [6.45, 7) is 0. The molecule has 0 radical (unpaired) electrons. The molecule has 0 spiro atoms. The minimum atomic E-state index is -3.13. The molecule has 1 aromatic carbocycles. The van der Waals surface area contributed by atoms with Gasteiger partial charge in [0.25, 0.3) is 12.3 Å². The lowest BCUT2D eigenvalue weighted by Crippen LogP contribution is -2.24. The van der Waals surface area contributed by atoms with Crippen LogP contribution in [-0.4, -0.2) is 28.0 Å². The van der Waals surface area contributed by atoms with E-state index in [1.807, 2.05) is 36.4 Å². The molecule has 0 unspecified atom stereocenters. The molecular formula is C18H14ClF2N5O. The van der Waals surface area contributed by atoms with Gasteiger partial charge in [-0.05, 0) is 17.7 Å². The molecule has 138 valence electrons. The van der Waals surface area contributed by atoms with Crippen LogP contribution in [0, 0.1) is 5.41 Å². The van der Waals surface area contributed by atoms with Crippen LogP contribution in [0.25, 0.3) is 22.3 Å². The molecule has 2 heterocycles. The van der Waals surface area contributed by atoms with Gasteiger partial charge in [0.05, 0.1) is 16.9 Å². The number of nitrogens with two attached hydrogens (primary N) is 1. The first-order valence-corrected chi connectivity index (χ1v) is 8.12. The normalized spacial score (nSPS) is 12.1. The van der Waals surface area contributed by atoms with Gasteiger partial charge in [-0.25, -0.2) is 13.8 Å². The number of amides is 1. The van der Waals surface area contributed by atoms with Gasteiger partial charge in [-0.1, -0.05) is 41.9 Å². The molecule has 0 bridgehead atoms. The van der Waals surface area contributed by atoms with E-state index in [1.54, 1.807) is 6.07 Å². The molecule has 3 aromatic rings. The molecular weight excluding hydrogens is 376 g/mol. The Morgan fingerprint density at radius 2 is 1.96 bits per heavy atom. The van der Waals surface area contributed by atoms with Crippen LogP contribution in [0.5, 0.6) is 0 Å². The maximum Gasteiger partial charge on any atom is 0.281 e. The Balaban J connectivity index is 1.84. The van der Waals surface area contributed by atoms with E-state index >= 15 is 0 Å². The molecule has 6 nitrogen and oxygen atoms in total. The van der Waals surface area contributed by atoms with Crippen molar-refractivity contribution < 1.29 is 13.6 Å². The van der Waals surface area contributed by atoms with E-state index in [9.17, 15) is 13.6 Å². The number of allylic oxidation sites excluding steroid dienone is 1. The highest BCUT2D eigenvalue weighted by molar-refractivity contribution is 6.45. The molecule has 1 amide bonds. The summed E-state index contributed by atoms with van der Waals surface area (Å²) in [5, 5.41) is 9.51. The second-order valence-corrected chi connectivity index (χ2v) is 5.98. The van der Waals surface area contributed by atoms with E-state index in [-0.39, 0.29) is 0 Å². The third-order valence-corrected chi connectivity index (χ3v) is 4.16. The van der Waals surface area contributed by atoms with E-state index in [1.165, 1.54) is 6.20 Å². The summed E-state index contributed by atoms with van der Waals surface area (Å²) in [5.74, 6) is -0.898. The average Bonchev–Trinajstić information content (AvgIpc) is 3.10. The van der Waals surface area contributed by atoms with Gasteiger partial charge in [0.15, 0.2) is 0 Å². The SMILES string of the molecule is N=C(C(Cl)=C(N)C(=O)Nc1cnc2[nH]c(-c3ccccc3)cc2c1)C(F)F. The summed E-state index contributed by atoms with van der Waals surface area (Å²) in [6.07, 6.45) is -1.73. The zero-order valence-corrected chi connectivity index (χ0v) is 14.5. The predicted molar refractivity (Wildman–Crippen MR) is 101 cm³/mol. The fourth-order valence-corrected chi connectivity index (χ4v) is 2.56. The van der Waals surface area contributed by atoms with Gasteiger partial charge in [-0.3, -0.25) is 10.2 Å². The maximum atomic E-state index is 12.5. The van der Waals surface area contributed by atoms with Gasteiger partial charge in [0.2, 0.25) is 0 Å². The molecule has 5 N–H and O–H groups in total. The standard InChI is InChI=1S/C18H14ClF2N5O/c19-13(14(22)16(20)21)15(23)18(27)25-11-6-10-7-12(26-17(10)24-8-11)9-4-2-1-3-5-9/h1-8,16,22H,23H2,(H,24,26)(H,25,27). The largest absolute Gasteiger partial charge is 0.393 e. The number of H-pyrrole nitrogens is 1. The molecule has 0 fully saturated rings. The topological polar surface area (TPSA) is 108 Å². The summed E-state index contributed by atoms with van der Waals surface area (Å²) in [7, 11) is 0. The number of alkyl halides is 2. The predicted octanol–water partition coefficient (Wildman–Crippen LogP) is 3.86. The number of hydrogen-bond acceptors (Lipinski definition) is 4. The summed E-state index contributed by atoms with van der Waals surface area (Å²) < 4.78 is 25.0. The fraction of sp³-hybridized carbons (Fsp3) is 0.0556. The van der Waals surface area contributed by atoms with Crippen LogP contribution in [0.3, 0.4) is 0 Å². The summed E-state index contributed by atoms with van der Waals surface area (Å²) >= 11 is 5.57. The number of nitrogens with zero attached hydrogens (tertiary/aromatic N) is 1. The Kier molecular flexibility index (Phi) is 5.18. The van der Waals surface area contributed by atoms with Crippen LogP contribution in [0.4, 0.5) is 14.5 Å². The number of aromatic nitrogens is 2. The van der Waals surface area contributed by atoms with Gasteiger partial charge in [0, 0.05) is 11.1 Å². The number of rotatable bonds is 5. The quantitative estimate of drug-likeness (QED) is 0.393. The number of halogens is 3. The van der Waals surface area contributed by atoms with Crippen molar-refractivity contribution in [2.24, 2.45) is 5.73 Å². The van der Waals surface area contributed by atoms with Crippen molar-refractivity contribution in [1.82, 2.24) is 9.97 Å². The van der Waals surface area contributed by atoms with Gasteiger partial charge in [-0.2, -0.15) is 0 Å². The highest BCUT2D eigenvalue weighted by Crippen LogP contribution is 2.25. The van der Waals surface area contributed by atoms with Crippen LogP contribution in [0.1, 0.15) is 0 Å². The van der Waals surface area contributed by atoms with Crippen molar-refractivity contribution in [3.63, 3.8) is 0 Å². The third-order valence-electron chi connectivity index (χ3n) is 3.75. The number of carbonyl (C=O) groups is 1. The van der Waals surface area contributed by atoms with Crippen molar-refractivity contribution in [1.29, 1.82) is 5.41 Å². The lowest BCUT2D eigenvalue weighted by atomic mass is 10.1. The summed E-state index contributed by atoms with van der Waals surface area (Å²) in [6, 6.07) is 13.1. The van der Waals surface area contributed by atoms with Crippen molar-refractivity contribution in [3.8, 4) is 11.3 Å². The molecule has 0 aliphatic carbocycles.